The van der Waals surface area contributed by atoms with Crippen molar-refractivity contribution in [2.45, 2.75) is 57.3 Å². The third kappa shape index (κ3) is 4.43. The molecule has 2 saturated heterocycles. The number of hydrogen-bond donors (Lipinski definition) is 1. The first kappa shape index (κ1) is 22.5. The van der Waals surface area contributed by atoms with Gasteiger partial charge in [0.25, 0.3) is 5.91 Å². The highest BCUT2D eigenvalue weighted by atomic mass is 16.5. The summed E-state index contributed by atoms with van der Waals surface area (Å²) < 4.78 is 6.08. The first-order chi connectivity index (χ1) is 15.2. The number of amides is 1. The molecule has 1 amide bonds. The van der Waals surface area contributed by atoms with Gasteiger partial charge in [0.2, 0.25) is 0 Å². The standard InChI is InChI=1S/C26H32N2O4/c1-25(2,3)21-11-9-20(10-12-21)23(29)28-22(24(30)31)18-32-26(28)13-15-27(16-14-26)17-19-7-5-4-6-8-19/h4-12,22H,13-18H2,1-3H3,(H,30,31)/t22-/m0/s1. The Morgan fingerprint density at radius 2 is 1.66 bits per heavy atom. The molecule has 0 unspecified atom stereocenters. The second-order valence-electron chi connectivity index (χ2n) is 9.88. The Morgan fingerprint density at radius 3 is 2.22 bits per heavy atom. The largest absolute Gasteiger partial charge is 0.480 e. The molecule has 0 radical (unpaired) electrons. The minimum Gasteiger partial charge on any atom is -0.480 e. The zero-order valence-corrected chi connectivity index (χ0v) is 19.1. The molecule has 0 aliphatic carbocycles. The SMILES string of the molecule is CC(C)(C)c1ccc(C(=O)N2[C@H](C(=O)O)COC23CCN(Cc2ccccc2)CC3)cc1. The predicted molar refractivity (Wildman–Crippen MR) is 122 cm³/mol. The van der Waals surface area contributed by atoms with E-state index in [1.807, 2.05) is 30.3 Å². The lowest BCUT2D eigenvalue weighted by molar-refractivity contribution is -0.144. The summed E-state index contributed by atoms with van der Waals surface area (Å²) in [4.78, 5) is 29.4. The molecular formula is C26H32N2O4. The monoisotopic (exact) mass is 436 g/mol. The van der Waals surface area contributed by atoms with Gasteiger partial charge in [0.15, 0.2) is 6.04 Å². The van der Waals surface area contributed by atoms with Crippen LogP contribution in [-0.2, 0) is 21.5 Å². The first-order valence-electron chi connectivity index (χ1n) is 11.3. The summed E-state index contributed by atoms with van der Waals surface area (Å²) in [6.45, 7) is 8.72. The smallest absolute Gasteiger partial charge is 0.328 e. The van der Waals surface area contributed by atoms with E-state index in [1.54, 1.807) is 12.1 Å². The van der Waals surface area contributed by atoms with Gasteiger partial charge in [-0.15, -0.1) is 0 Å². The number of ether oxygens (including phenoxy) is 1. The molecule has 32 heavy (non-hydrogen) atoms. The van der Waals surface area contributed by atoms with Crippen LogP contribution in [0.2, 0.25) is 0 Å². The normalized spacial score (nSPS) is 21.1. The van der Waals surface area contributed by atoms with Crippen molar-refractivity contribution in [3.8, 4) is 0 Å². The van der Waals surface area contributed by atoms with E-state index < -0.39 is 17.7 Å². The summed E-state index contributed by atoms with van der Waals surface area (Å²) in [6.07, 6.45) is 1.19. The molecule has 0 saturated carbocycles. The topological polar surface area (TPSA) is 70.1 Å². The molecule has 2 aromatic carbocycles. The Balaban J connectivity index is 1.53. The van der Waals surface area contributed by atoms with E-state index in [1.165, 1.54) is 10.5 Å². The second kappa shape index (κ2) is 8.68. The predicted octanol–water partition coefficient (Wildman–Crippen LogP) is 3.90. The van der Waals surface area contributed by atoms with Crippen molar-refractivity contribution in [3.63, 3.8) is 0 Å². The van der Waals surface area contributed by atoms with Crippen LogP contribution in [0.25, 0.3) is 0 Å². The molecule has 2 heterocycles. The molecule has 4 rings (SSSR count). The maximum atomic E-state index is 13.5. The number of hydrogen-bond acceptors (Lipinski definition) is 4. The number of carboxylic acids is 1. The van der Waals surface area contributed by atoms with Gasteiger partial charge in [-0.3, -0.25) is 14.6 Å². The second-order valence-corrected chi connectivity index (χ2v) is 9.88. The first-order valence-corrected chi connectivity index (χ1v) is 11.3. The molecule has 1 spiro atoms. The highest BCUT2D eigenvalue weighted by Gasteiger charge is 2.54. The number of piperidine rings is 1. The molecule has 170 valence electrons. The van der Waals surface area contributed by atoms with E-state index in [0.717, 1.165) is 25.2 Å². The number of benzene rings is 2. The number of carbonyl (C=O) groups is 2. The van der Waals surface area contributed by atoms with Crippen LogP contribution in [0.1, 0.15) is 55.1 Å². The zero-order valence-electron chi connectivity index (χ0n) is 19.1. The molecule has 0 aromatic heterocycles. The molecule has 6 heteroatoms. The quantitative estimate of drug-likeness (QED) is 0.787. The Hall–Kier alpha value is -2.70. The maximum absolute atomic E-state index is 13.5. The van der Waals surface area contributed by atoms with E-state index in [4.69, 9.17) is 4.74 Å². The fraction of sp³-hybridized carbons (Fsp3) is 0.462. The third-order valence-electron chi connectivity index (χ3n) is 6.65. The lowest BCUT2D eigenvalue weighted by Crippen LogP contribution is -2.58. The summed E-state index contributed by atoms with van der Waals surface area (Å²) in [5, 5.41) is 9.81. The van der Waals surface area contributed by atoms with Crippen LogP contribution in [0.3, 0.4) is 0 Å². The summed E-state index contributed by atoms with van der Waals surface area (Å²) >= 11 is 0. The Morgan fingerprint density at radius 1 is 1.03 bits per heavy atom. The molecule has 2 aliphatic heterocycles. The lowest BCUT2D eigenvalue weighted by Gasteiger charge is -2.44. The fourth-order valence-electron chi connectivity index (χ4n) is 4.71. The van der Waals surface area contributed by atoms with Crippen LogP contribution >= 0.6 is 0 Å². The van der Waals surface area contributed by atoms with Gasteiger partial charge in [-0.1, -0.05) is 63.2 Å². The van der Waals surface area contributed by atoms with E-state index in [0.29, 0.717) is 18.4 Å². The van der Waals surface area contributed by atoms with Crippen molar-refractivity contribution in [1.82, 2.24) is 9.80 Å². The van der Waals surface area contributed by atoms with Gasteiger partial charge in [0.05, 0.1) is 6.61 Å². The number of nitrogens with zero attached hydrogens (tertiary/aromatic N) is 2. The molecule has 1 atom stereocenters. The van der Waals surface area contributed by atoms with E-state index in [-0.39, 0.29) is 17.9 Å². The molecule has 2 fully saturated rings. The molecule has 2 aromatic rings. The maximum Gasteiger partial charge on any atom is 0.328 e. The van der Waals surface area contributed by atoms with E-state index >= 15 is 0 Å². The van der Waals surface area contributed by atoms with Crippen molar-refractivity contribution in [2.24, 2.45) is 0 Å². The van der Waals surface area contributed by atoms with Crippen LogP contribution in [0.4, 0.5) is 0 Å². The Labute approximate surface area is 189 Å². The zero-order chi connectivity index (χ0) is 22.9. The van der Waals surface area contributed by atoms with Gasteiger partial charge in [0.1, 0.15) is 5.72 Å². The summed E-state index contributed by atoms with van der Waals surface area (Å²) in [5.41, 5.74) is 1.99. The van der Waals surface area contributed by atoms with Crippen molar-refractivity contribution >= 4 is 11.9 Å². The van der Waals surface area contributed by atoms with Crippen LogP contribution in [-0.4, -0.2) is 58.2 Å². The van der Waals surface area contributed by atoms with Crippen LogP contribution in [0.15, 0.2) is 54.6 Å². The van der Waals surface area contributed by atoms with Crippen molar-refractivity contribution in [2.75, 3.05) is 19.7 Å². The van der Waals surface area contributed by atoms with Crippen LogP contribution in [0.5, 0.6) is 0 Å². The number of likely N-dealkylation sites (tertiary alicyclic amines) is 1. The summed E-state index contributed by atoms with van der Waals surface area (Å²) in [7, 11) is 0. The van der Waals surface area contributed by atoms with Crippen LogP contribution in [0, 0.1) is 0 Å². The average molecular weight is 437 g/mol. The molecule has 0 bridgehead atoms. The van der Waals surface area contributed by atoms with Crippen molar-refractivity contribution < 1.29 is 19.4 Å². The fourth-order valence-corrected chi connectivity index (χ4v) is 4.71. The van der Waals surface area contributed by atoms with Crippen molar-refractivity contribution in [3.05, 3.63) is 71.3 Å². The minimum atomic E-state index is -1.02. The van der Waals surface area contributed by atoms with E-state index in [9.17, 15) is 14.7 Å². The van der Waals surface area contributed by atoms with Gasteiger partial charge in [-0.2, -0.15) is 0 Å². The molecular weight excluding hydrogens is 404 g/mol. The van der Waals surface area contributed by atoms with Gasteiger partial charge >= 0.3 is 5.97 Å². The van der Waals surface area contributed by atoms with E-state index in [2.05, 4.69) is 37.8 Å². The molecule has 1 N–H and O–H groups in total. The number of carboxylic acid groups (broad SMARTS) is 1. The lowest BCUT2D eigenvalue weighted by atomic mass is 9.86. The highest BCUT2D eigenvalue weighted by molar-refractivity contribution is 5.97. The minimum absolute atomic E-state index is 0.0191. The molecule has 2 aliphatic rings. The third-order valence-corrected chi connectivity index (χ3v) is 6.65. The molecule has 6 nitrogen and oxygen atoms in total. The highest BCUT2D eigenvalue weighted by Crippen LogP contribution is 2.39. The van der Waals surface area contributed by atoms with Gasteiger partial charge in [-0.05, 0) is 28.7 Å². The van der Waals surface area contributed by atoms with Crippen LogP contribution < -0.4 is 0 Å². The summed E-state index contributed by atoms with van der Waals surface area (Å²) in [5.74, 6) is -1.29. The van der Waals surface area contributed by atoms with Crippen molar-refractivity contribution in [1.29, 1.82) is 0 Å². The number of aliphatic carboxylic acids is 1. The Bertz CT molecular complexity index is 958. The number of rotatable bonds is 4. The number of carbonyl (C=O) groups excluding carboxylic acids is 1. The van der Waals surface area contributed by atoms with Gasteiger partial charge in [0, 0.05) is 38.0 Å². The average Bonchev–Trinajstić information content (AvgIpc) is 3.14. The Kier molecular flexibility index (Phi) is 6.10. The summed E-state index contributed by atoms with van der Waals surface area (Å²) in [6, 6.07) is 16.8. The van der Waals surface area contributed by atoms with Gasteiger partial charge < -0.3 is 9.84 Å². The van der Waals surface area contributed by atoms with Gasteiger partial charge in [-0.25, -0.2) is 4.79 Å².